The number of carbonyl (C=O) groups excluding carboxylic acids is 2. The maximum atomic E-state index is 13.1. The Kier molecular flexibility index (Phi) is 6.06. The molecular weight excluding hydrogens is 436 g/mol. The van der Waals surface area contributed by atoms with E-state index in [2.05, 4.69) is 4.98 Å². The Morgan fingerprint density at radius 2 is 2.03 bits per heavy atom. The average Bonchev–Trinajstić information content (AvgIpc) is 3.39. The van der Waals surface area contributed by atoms with Gasteiger partial charge in [-0.05, 0) is 36.2 Å². The van der Waals surface area contributed by atoms with Crippen LogP contribution in [0.5, 0.6) is 5.75 Å². The molecule has 31 heavy (non-hydrogen) atoms. The summed E-state index contributed by atoms with van der Waals surface area (Å²) in [6.07, 6.45) is 2.40. The van der Waals surface area contributed by atoms with Gasteiger partial charge in [0, 0.05) is 22.2 Å². The lowest BCUT2D eigenvalue weighted by Crippen LogP contribution is -2.29. The summed E-state index contributed by atoms with van der Waals surface area (Å²) < 4.78 is 5.64. The average molecular weight is 455 g/mol. The van der Waals surface area contributed by atoms with Gasteiger partial charge in [0.05, 0.1) is 18.2 Å². The molecule has 1 amide bonds. The van der Waals surface area contributed by atoms with Crippen LogP contribution in [0.25, 0.3) is 5.76 Å². The molecule has 8 heteroatoms. The van der Waals surface area contributed by atoms with E-state index in [4.69, 9.17) is 16.3 Å². The molecule has 4 rings (SSSR count). The Morgan fingerprint density at radius 3 is 2.74 bits per heavy atom. The number of aromatic nitrogens is 1. The number of aliphatic hydroxyl groups is 1. The van der Waals surface area contributed by atoms with Gasteiger partial charge >= 0.3 is 5.91 Å². The zero-order valence-corrected chi connectivity index (χ0v) is 18.2. The van der Waals surface area contributed by atoms with Gasteiger partial charge in [-0.1, -0.05) is 42.8 Å². The van der Waals surface area contributed by atoms with Gasteiger partial charge in [-0.3, -0.25) is 14.5 Å². The molecule has 1 saturated heterocycles. The van der Waals surface area contributed by atoms with Crippen molar-refractivity contribution in [2.24, 2.45) is 0 Å². The third kappa shape index (κ3) is 4.06. The molecule has 1 aromatic heterocycles. The largest absolute Gasteiger partial charge is 0.507 e. The molecule has 0 aliphatic carbocycles. The number of anilines is 1. The van der Waals surface area contributed by atoms with Crippen LogP contribution in [0.2, 0.25) is 5.02 Å². The number of halogens is 1. The summed E-state index contributed by atoms with van der Waals surface area (Å²) in [5, 5.41) is 13.7. The first-order chi connectivity index (χ1) is 15.0. The number of rotatable bonds is 6. The van der Waals surface area contributed by atoms with E-state index in [9.17, 15) is 14.7 Å². The molecule has 3 aromatic rings. The van der Waals surface area contributed by atoms with Crippen LogP contribution >= 0.6 is 22.9 Å². The molecule has 0 bridgehead atoms. The summed E-state index contributed by atoms with van der Waals surface area (Å²) in [5.41, 5.74) is 0.967. The zero-order chi connectivity index (χ0) is 22.0. The number of amides is 1. The molecule has 2 aromatic carbocycles. The first-order valence-electron chi connectivity index (χ1n) is 9.70. The number of nitrogens with zero attached hydrogens (tertiary/aromatic N) is 2. The molecule has 1 aliphatic rings. The van der Waals surface area contributed by atoms with Crippen molar-refractivity contribution >= 4 is 45.5 Å². The van der Waals surface area contributed by atoms with Crippen LogP contribution in [0, 0.1) is 0 Å². The third-order valence-corrected chi connectivity index (χ3v) is 5.82. The molecule has 0 saturated carbocycles. The van der Waals surface area contributed by atoms with E-state index in [1.807, 2.05) is 6.92 Å². The first kappa shape index (κ1) is 21.1. The summed E-state index contributed by atoms with van der Waals surface area (Å²) in [7, 11) is 0. The number of benzene rings is 2. The molecule has 0 radical (unpaired) electrons. The number of carbonyl (C=O) groups is 2. The van der Waals surface area contributed by atoms with E-state index in [1.165, 1.54) is 16.2 Å². The Balaban J connectivity index is 1.88. The molecular formula is C23H19ClN2O4S. The highest BCUT2D eigenvalue weighted by molar-refractivity contribution is 7.14. The second kappa shape index (κ2) is 8.91. The lowest BCUT2D eigenvalue weighted by molar-refractivity contribution is -0.132. The number of thiazole rings is 1. The fourth-order valence-corrected chi connectivity index (χ4v) is 4.33. The van der Waals surface area contributed by atoms with Gasteiger partial charge in [-0.25, -0.2) is 4.98 Å². The normalized spacial score (nSPS) is 17.9. The number of hydrogen-bond donors (Lipinski definition) is 1. The van der Waals surface area contributed by atoms with Crippen molar-refractivity contribution < 1.29 is 19.4 Å². The van der Waals surface area contributed by atoms with Gasteiger partial charge in [0.1, 0.15) is 11.5 Å². The number of hydrogen-bond acceptors (Lipinski definition) is 6. The topological polar surface area (TPSA) is 79.7 Å². The van der Waals surface area contributed by atoms with Gasteiger partial charge in [-0.2, -0.15) is 0 Å². The van der Waals surface area contributed by atoms with Crippen LogP contribution in [0.3, 0.4) is 0 Å². The van der Waals surface area contributed by atoms with Crippen molar-refractivity contribution in [3.63, 3.8) is 0 Å². The van der Waals surface area contributed by atoms with Crippen LogP contribution in [0.4, 0.5) is 5.13 Å². The standard InChI is InChI=1S/C23H19ClN2O4S/c1-2-10-30-17-8-4-6-15(13-17)20(27)18-19(14-5-3-7-16(24)12-14)26(22(29)21(18)28)23-25-9-11-31-23/h3-9,11-13,19,27H,2,10H2,1H3/b20-18+. The molecule has 6 nitrogen and oxygen atoms in total. The molecule has 0 spiro atoms. The highest BCUT2D eigenvalue weighted by atomic mass is 35.5. The minimum atomic E-state index is -0.856. The Morgan fingerprint density at radius 1 is 1.23 bits per heavy atom. The summed E-state index contributed by atoms with van der Waals surface area (Å²) in [6, 6.07) is 12.8. The maximum absolute atomic E-state index is 13.1. The quantitative estimate of drug-likeness (QED) is 0.314. The van der Waals surface area contributed by atoms with E-state index in [-0.39, 0.29) is 11.3 Å². The number of Topliss-reactive ketones (excluding diaryl/α,β-unsaturated/α-hetero) is 1. The summed E-state index contributed by atoms with van der Waals surface area (Å²) in [5.74, 6) is -1.24. The van der Waals surface area contributed by atoms with Gasteiger partial charge < -0.3 is 9.84 Å². The zero-order valence-electron chi connectivity index (χ0n) is 16.6. The lowest BCUT2D eigenvalue weighted by Gasteiger charge is -2.23. The highest BCUT2D eigenvalue weighted by Gasteiger charge is 2.48. The molecule has 158 valence electrons. The summed E-state index contributed by atoms with van der Waals surface area (Å²) in [6.45, 7) is 2.52. The fourth-order valence-electron chi connectivity index (χ4n) is 3.47. The van der Waals surface area contributed by atoms with Crippen LogP contribution in [0.15, 0.2) is 65.7 Å². The third-order valence-electron chi connectivity index (χ3n) is 4.81. The monoisotopic (exact) mass is 454 g/mol. The van der Waals surface area contributed by atoms with Gasteiger partial charge in [0.15, 0.2) is 5.13 Å². The number of aliphatic hydroxyl groups excluding tert-OH is 1. The van der Waals surface area contributed by atoms with Crippen molar-refractivity contribution in [2.45, 2.75) is 19.4 Å². The Hall–Kier alpha value is -3.16. The SMILES string of the molecule is CCCOc1cccc(/C(O)=C2\C(=O)C(=O)N(c3nccs3)C2c2cccc(Cl)c2)c1. The molecule has 1 N–H and O–H groups in total. The van der Waals surface area contributed by atoms with Crippen LogP contribution < -0.4 is 9.64 Å². The van der Waals surface area contributed by atoms with Crippen molar-refractivity contribution in [1.82, 2.24) is 4.98 Å². The molecule has 1 aliphatic heterocycles. The number of ether oxygens (including phenoxy) is 1. The predicted octanol–water partition coefficient (Wildman–Crippen LogP) is 5.21. The Bertz CT molecular complexity index is 1160. The lowest BCUT2D eigenvalue weighted by atomic mass is 9.95. The van der Waals surface area contributed by atoms with E-state index in [0.717, 1.165) is 6.42 Å². The van der Waals surface area contributed by atoms with E-state index in [1.54, 1.807) is 60.1 Å². The van der Waals surface area contributed by atoms with Crippen LogP contribution in [-0.4, -0.2) is 28.4 Å². The molecule has 1 fully saturated rings. The molecule has 2 heterocycles. The van der Waals surface area contributed by atoms with Crippen molar-refractivity contribution in [3.8, 4) is 5.75 Å². The van der Waals surface area contributed by atoms with Gasteiger partial charge in [0.2, 0.25) is 0 Å². The smallest absolute Gasteiger partial charge is 0.301 e. The second-order valence-electron chi connectivity index (χ2n) is 6.92. The van der Waals surface area contributed by atoms with Gasteiger partial charge in [0.25, 0.3) is 5.78 Å². The van der Waals surface area contributed by atoms with Crippen molar-refractivity contribution in [2.75, 3.05) is 11.5 Å². The predicted molar refractivity (Wildman–Crippen MR) is 121 cm³/mol. The van der Waals surface area contributed by atoms with E-state index in [0.29, 0.717) is 33.6 Å². The number of ketones is 1. The first-order valence-corrected chi connectivity index (χ1v) is 11.0. The molecule has 1 atom stereocenters. The van der Waals surface area contributed by atoms with E-state index >= 15 is 0 Å². The minimum Gasteiger partial charge on any atom is -0.507 e. The minimum absolute atomic E-state index is 0.0184. The molecule has 1 unspecified atom stereocenters. The van der Waals surface area contributed by atoms with Gasteiger partial charge in [-0.15, -0.1) is 11.3 Å². The van der Waals surface area contributed by atoms with Crippen LogP contribution in [0.1, 0.15) is 30.5 Å². The van der Waals surface area contributed by atoms with E-state index < -0.39 is 17.7 Å². The fraction of sp³-hybridized carbons (Fsp3) is 0.174. The maximum Gasteiger partial charge on any atom is 0.301 e. The second-order valence-corrected chi connectivity index (χ2v) is 8.22. The van der Waals surface area contributed by atoms with Crippen molar-refractivity contribution in [3.05, 3.63) is 81.8 Å². The van der Waals surface area contributed by atoms with Crippen molar-refractivity contribution in [1.29, 1.82) is 0 Å². The summed E-state index contributed by atoms with van der Waals surface area (Å²) >= 11 is 7.42. The van der Waals surface area contributed by atoms with Crippen LogP contribution in [-0.2, 0) is 9.59 Å². The summed E-state index contributed by atoms with van der Waals surface area (Å²) in [4.78, 5) is 31.5. The highest BCUT2D eigenvalue weighted by Crippen LogP contribution is 2.43. The Labute approximate surface area is 188 Å².